The number of nitrogens with zero attached hydrogens (tertiary/aromatic N) is 5. The molecule has 36 heavy (non-hydrogen) atoms. The van der Waals surface area contributed by atoms with Crippen LogP contribution >= 0.6 is 11.3 Å². The first-order valence-electron chi connectivity index (χ1n) is 11.9. The second kappa shape index (κ2) is 7.89. The Balaban J connectivity index is 1.59. The first-order valence-corrected chi connectivity index (χ1v) is 12.7. The summed E-state index contributed by atoms with van der Waals surface area (Å²) in [7, 11) is 1.62. The van der Waals surface area contributed by atoms with E-state index in [4.69, 9.17) is 20.1 Å². The number of hydrogen-bond acceptors (Lipinski definition) is 6. The Morgan fingerprint density at radius 1 is 1.03 bits per heavy atom. The van der Waals surface area contributed by atoms with E-state index in [0.29, 0.717) is 17.1 Å². The largest absolute Gasteiger partial charge is 0.497 e. The van der Waals surface area contributed by atoms with Gasteiger partial charge in [0.2, 0.25) is 11.7 Å². The first-order chi connectivity index (χ1) is 17.6. The number of para-hydroxylation sites is 1. The number of nitrogens with one attached hydrogen (secondary N) is 1. The molecular formula is C27H22N6O2S. The number of hydrogen-bond donors (Lipinski definition) is 1. The van der Waals surface area contributed by atoms with E-state index in [1.807, 2.05) is 59.2 Å². The third-order valence-electron chi connectivity index (χ3n) is 6.83. The number of thiophene rings is 1. The molecule has 178 valence electrons. The standard InChI is InChI=1S/C27H22N6O2S/c1-35-18-13-11-16(12-14-18)15-20-25(34)33-26(29-20)31(17-7-3-2-4-8-17)27-30-22-19-9-5-6-10-21(19)36-23(22)24(28)32(27)33/h2-4,7-8,11-15,28H,5-6,9-10H2,1H3/b20-15-,28-24?. The average Bonchev–Trinajstić information content (AvgIpc) is 3.55. The average molecular weight is 495 g/mol. The molecule has 0 saturated heterocycles. The highest BCUT2D eigenvalue weighted by Gasteiger charge is 2.27. The Morgan fingerprint density at radius 3 is 2.58 bits per heavy atom. The molecule has 3 aliphatic rings. The molecule has 8 nitrogen and oxygen atoms in total. The number of imidazole rings is 1. The molecule has 0 atom stereocenters. The molecule has 4 aromatic rings. The highest BCUT2D eigenvalue weighted by atomic mass is 32.1. The van der Waals surface area contributed by atoms with Crippen molar-refractivity contribution in [3.8, 4) is 17.4 Å². The second-order valence-electron chi connectivity index (χ2n) is 8.96. The van der Waals surface area contributed by atoms with E-state index in [-0.39, 0.29) is 11.0 Å². The predicted molar refractivity (Wildman–Crippen MR) is 139 cm³/mol. The molecule has 1 aliphatic carbocycles. The summed E-state index contributed by atoms with van der Waals surface area (Å²) >= 11 is 1.64. The predicted octanol–water partition coefficient (Wildman–Crippen LogP) is 3.24. The molecular weight excluding hydrogens is 472 g/mol. The second-order valence-corrected chi connectivity index (χ2v) is 10.1. The van der Waals surface area contributed by atoms with Crippen LogP contribution in [0.1, 0.15) is 28.8 Å². The molecule has 7 rings (SSSR count). The number of rotatable bonds is 3. The molecule has 9 heteroatoms. The van der Waals surface area contributed by atoms with Gasteiger partial charge >= 0.3 is 0 Å². The lowest BCUT2D eigenvalue weighted by Gasteiger charge is -2.09. The molecule has 1 N–H and O–H groups in total. The van der Waals surface area contributed by atoms with E-state index < -0.39 is 0 Å². The number of fused-ring (bicyclic) bond motifs is 6. The highest BCUT2D eigenvalue weighted by Crippen LogP contribution is 2.34. The molecule has 2 aliphatic heterocycles. The summed E-state index contributed by atoms with van der Waals surface area (Å²) < 4.78 is 11.0. The van der Waals surface area contributed by atoms with Gasteiger partial charge in [-0.1, -0.05) is 30.3 Å². The maximum Gasteiger partial charge on any atom is 0.298 e. The van der Waals surface area contributed by atoms with Gasteiger partial charge < -0.3 is 4.74 Å². The Bertz CT molecular complexity index is 1910. The molecule has 0 amide bonds. The topological polar surface area (TPSA) is 90.2 Å². The van der Waals surface area contributed by atoms with Crippen molar-refractivity contribution in [3.63, 3.8) is 0 Å². The van der Waals surface area contributed by atoms with Crippen molar-refractivity contribution in [1.82, 2.24) is 23.7 Å². The fourth-order valence-electron chi connectivity index (χ4n) is 5.08. The van der Waals surface area contributed by atoms with Crippen LogP contribution < -0.4 is 21.1 Å². The Kier molecular flexibility index (Phi) is 4.62. The van der Waals surface area contributed by atoms with Crippen LogP contribution in [0.4, 0.5) is 0 Å². The van der Waals surface area contributed by atoms with Crippen molar-refractivity contribution in [3.05, 3.63) is 91.8 Å². The van der Waals surface area contributed by atoms with Crippen molar-refractivity contribution in [1.29, 1.82) is 5.41 Å². The minimum Gasteiger partial charge on any atom is -0.497 e. The number of benzene rings is 2. The Morgan fingerprint density at radius 2 is 1.81 bits per heavy atom. The van der Waals surface area contributed by atoms with Gasteiger partial charge in [-0.25, -0.2) is 14.5 Å². The fourth-order valence-corrected chi connectivity index (χ4v) is 6.35. The highest BCUT2D eigenvalue weighted by molar-refractivity contribution is 7.19. The van der Waals surface area contributed by atoms with E-state index in [1.165, 1.54) is 15.1 Å². The van der Waals surface area contributed by atoms with Crippen LogP contribution in [0.5, 0.6) is 5.75 Å². The molecule has 4 heterocycles. The molecule has 0 radical (unpaired) electrons. The van der Waals surface area contributed by atoms with E-state index in [2.05, 4.69) is 0 Å². The summed E-state index contributed by atoms with van der Waals surface area (Å²) in [6, 6.07) is 17.2. The van der Waals surface area contributed by atoms with Gasteiger partial charge in [-0.3, -0.25) is 10.2 Å². The Labute approximate surface area is 209 Å². The van der Waals surface area contributed by atoms with Gasteiger partial charge in [0.05, 0.1) is 23.0 Å². The van der Waals surface area contributed by atoms with E-state index in [1.54, 1.807) is 29.0 Å². The summed E-state index contributed by atoms with van der Waals surface area (Å²) in [5, 5.41) is 9.46. The zero-order valence-corrected chi connectivity index (χ0v) is 20.4. The monoisotopic (exact) mass is 494 g/mol. The van der Waals surface area contributed by atoms with Crippen LogP contribution in [0.3, 0.4) is 0 Å². The lowest BCUT2D eigenvalue weighted by Crippen LogP contribution is -2.32. The lowest BCUT2D eigenvalue weighted by atomic mass is 9.98. The van der Waals surface area contributed by atoms with Gasteiger partial charge in [-0.15, -0.1) is 11.3 Å². The van der Waals surface area contributed by atoms with Gasteiger partial charge in [0.15, 0.2) is 5.49 Å². The summed E-state index contributed by atoms with van der Waals surface area (Å²) in [5.41, 5.74) is 3.79. The van der Waals surface area contributed by atoms with Crippen molar-refractivity contribution in [2.24, 2.45) is 0 Å². The van der Waals surface area contributed by atoms with Crippen LogP contribution in [0.2, 0.25) is 0 Å². The quantitative estimate of drug-likeness (QED) is 0.409. The van der Waals surface area contributed by atoms with Crippen LogP contribution in [0.25, 0.3) is 33.7 Å². The van der Waals surface area contributed by atoms with Gasteiger partial charge in [-0.05, 0) is 67.2 Å². The third kappa shape index (κ3) is 2.99. The fraction of sp³-hybridized carbons (Fsp3) is 0.185. The molecule has 0 unspecified atom stereocenters. The van der Waals surface area contributed by atoms with Crippen LogP contribution in [0.15, 0.2) is 59.4 Å². The summed E-state index contributed by atoms with van der Waals surface area (Å²) in [6.45, 7) is 0. The zero-order chi connectivity index (χ0) is 24.4. The number of ether oxygens (including phenoxy) is 1. The van der Waals surface area contributed by atoms with E-state index in [9.17, 15) is 4.79 Å². The summed E-state index contributed by atoms with van der Waals surface area (Å²) in [4.78, 5) is 24.8. The number of aromatic nitrogens is 5. The van der Waals surface area contributed by atoms with E-state index in [0.717, 1.165) is 52.9 Å². The Hall–Kier alpha value is -4.24. The molecule has 2 aromatic heterocycles. The molecule has 0 bridgehead atoms. The van der Waals surface area contributed by atoms with Gasteiger partial charge in [0.1, 0.15) is 11.1 Å². The van der Waals surface area contributed by atoms with Crippen molar-refractivity contribution in [2.45, 2.75) is 25.7 Å². The lowest BCUT2D eigenvalue weighted by molar-refractivity contribution is 0.415. The molecule has 0 spiro atoms. The smallest absolute Gasteiger partial charge is 0.298 e. The SMILES string of the molecule is COc1ccc(/C=c2\nc3n(-c4ccccc4)c4nc5c6c(sc5c(=N)n4n-3c2=O)CCCC6)cc1. The van der Waals surface area contributed by atoms with Crippen molar-refractivity contribution in [2.75, 3.05) is 7.11 Å². The van der Waals surface area contributed by atoms with Gasteiger partial charge in [-0.2, -0.15) is 9.20 Å². The molecule has 0 saturated carbocycles. The molecule has 2 aromatic carbocycles. The maximum absolute atomic E-state index is 13.7. The number of methoxy groups -OCH3 is 1. The minimum atomic E-state index is -0.290. The van der Waals surface area contributed by atoms with Gasteiger partial charge in [0.25, 0.3) is 5.56 Å². The van der Waals surface area contributed by atoms with Crippen LogP contribution in [-0.2, 0) is 12.8 Å². The van der Waals surface area contributed by atoms with Gasteiger partial charge in [0, 0.05) is 4.88 Å². The summed E-state index contributed by atoms with van der Waals surface area (Å²) in [5.74, 6) is 1.69. The van der Waals surface area contributed by atoms with Crippen molar-refractivity contribution >= 4 is 33.4 Å². The molecule has 0 fully saturated rings. The first kappa shape index (κ1) is 21.1. The van der Waals surface area contributed by atoms with Crippen LogP contribution in [-0.4, -0.2) is 30.8 Å². The summed E-state index contributed by atoms with van der Waals surface area (Å²) in [6.07, 6.45) is 6.07. The van der Waals surface area contributed by atoms with Crippen molar-refractivity contribution < 1.29 is 4.74 Å². The minimum absolute atomic E-state index is 0.263. The van der Waals surface area contributed by atoms with Crippen LogP contribution in [0, 0.1) is 5.41 Å². The normalized spacial score (nSPS) is 14.2. The zero-order valence-electron chi connectivity index (χ0n) is 19.6. The van der Waals surface area contributed by atoms with E-state index >= 15 is 0 Å². The number of aryl methyl sites for hydroxylation is 2. The third-order valence-corrected chi connectivity index (χ3v) is 8.11. The maximum atomic E-state index is 13.7.